The van der Waals surface area contributed by atoms with Gasteiger partial charge in [-0.3, -0.25) is 0 Å². The lowest BCUT2D eigenvalue weighted by molar-refractivity contribution is 0.339. The van der Waals surface area contributed by atoms with Crippen molar-refractivity contribution in [3.8, 4) is 11.5 Å². The van der Waals surface area contributed by atoms with Gasteiger partial charge in [0, 0.05) is 6.07 Å². The lowest BCUT2D eigenvalue weighted by Gasteiger charge is -2.07. The monoisotopic (exact) mass is 228 g/mol. The van der Waals surface area contributed by atoms with Crippen LogP contribution in [-0.4, -0.2) is 19.2 Å². The average molecular weight is 228 g/mol. The second kappa shape index (κ2) is 3.54. The van der Waals surface area contributed by atoms with Crippen molar-refractivity contribution < 1.29 is 13.9 Å². The van der Waals surface area contributed by atoms with E-state index in [-0.39, 0.29) is 11.3 Å². The fraction of sp³-hybridized carbons (Fsp3) is 0.222. The van der Waals surface area contributed by atoms with E-state index in [2.05, 4.69) is 4.98 Å². The minimum absolute atomic E-state index is 0.0512. The summed E-state index contributed by atoms with van der Waals surface area (Å²) in [7, 11) is 2.83. The Morgan fingerprint density at radius 1 is 1.40 bits per heavy atom. The molecule has 0 spiro atoms. The van der Waals surface area contributed by atoms with E-state index in [0.717, 1.165) is 0 Å². The summed E-state index contributed by atoms with van der Waals surface area (Å²) >= 11 is 1.21. The SMILES string of the molecule is COc1cc2sc(N)nc2c(F)c1OC. The van der Waals surface area contributed by atoms with E-state index in [4.69, 9.17) is 15.2 Å². The predicted molar refractivity (Wildman–Crippen MR) is 57.1 cm³/mol. The summed E-state index contributed by atoms with van der Waals surface area (Å²) < 4.78 is 24.4. The molecule has 0 fully saturated rings. The zero-order valence-electron chi connectivity index (χ0n) is 8.20. The van der Waals surface area contributed by atoms with E-state index in [1.165, 1.54) is 25.6 Å². The Morgan fingerprint density at radius 2 is 2.13 bits per heavy atom. The highest BCUT2D eigenvalue weighted by Crippen LogP contribution is 2.38. The Hall–Kier alpha value is -1.56. The number of nitrogens with zero attached hydrogens (tertiary/aromatic N) is 1. The number of thiazole rings is 1. The van der Waals surface area contributed by atoms with Crippen molar-refractivity contribution in [2.45, 2.75) is 0 Å². The summed E-state index contributed by atoms with van der Waals surface area (Å²) in [5, 5.41) is 0.319. The Morgan fingerprint density at radius 3 is 2.73 bits per heavy atom. The van der Waals surface area contributed by atoms with Gasteiger partial charge < -0.3 is 15.2 Å². The number of hydrogen-bond donors (Lipinski definition) is 1. The first kappa shape index (κ1) is 9.97. The van der Waals surface area contributed by atoms with Crippen LogP contribution in [0, 0.1) is 5.82 Å². The van der Waals surface area contributed by atoms with Gasteiger partial charge in [-0.05, 0) is 0 Å². The van der Waals surface area contributed by atoms with Gasteiger partial charge in [0.05, 0.1) is 18.9 Å². The molecule has 1 heterocycles. The number of nitrogen functional groups attached to an aromatic ring is 1. The second-order valence-corrected chi connectivity index (χ2v) is 3.89. The van der Waals surface area contributed by atoms with Crippen molar-refractivity contribution in [1.29, 1.82) is 0 Å². The van der Waals surface area contributed by atoms with Crippen LogP contribution in [0.5, 0.6) is 11.5 Å². The van der Waals surface area contributed by atoms with Crippen LogP contribution in [0.3, 0.4) is 0 Å². The van der Waals surface area contributed by atoms with Gasteiger partial charge in [0.2, 0.25) is 0 Å². The lowest BCUT2D eigenvalue weighted by Crippen LogP contribution is -1.94. The van der Waals surface area contributed by atoms with E-state index in [9.17, 15) is 4.39 Å². The Balaban J connectivity index is 2.80. The van der Waals surface area contributed by atoms with Crippen LogP contribution in [0.1, 0.15) is 0 Å². The summed E-state index contributed by atoms with van der Waals surface area (Å²) in [6.45, 7) is 0. The molecule has 0 saturated heterocycles. The minimum atomic E-state index is -0.542. The Labute approximate surface area is 89.4 Å². The van der Waals surface area contributed by atoms with Gasteiger partial charge in [-0.25, -0.2) is 9.37 Å². The molecule has 2 rings (SSSR count). The maximum absolute atomic E-state index is 13.8. The van der Waals surface area contributed by atoms with E-state index in [1.807, 2.05) is 0 Å². The normalized spacial score (nSPS) is 10.6. The first-order valence-electron chi connectivity index (χ1n) is 4.14. The number of ether oxygens (including phenoxy) is 2. The summed E-state index contributed by atoms with van der Waals surface area (Å²) in [6.07, 6.45) is 0. The molecule has 2 aromatic rings. The van der Waals surface area contributed by atoms with Crippen molar-refractivity contribution >= 4 is 26.7 Å². The van der Waals surface area contributed by atoms with Crippen LogP contribution in [0.25, 0.3) is 10.2 Å². The van der Waals surface area contributed by atoms with Crippen molar-refractivity contribution in [3.05, 3.63) is 11.9 Å². The van der Waals surface area contributed by atoms with Crippen LogP contribution in [0.4, 0.5) is 9.52 Å². The van der Waals surface area contributed by atoms with Crippen LogP contribution >= 0.6 is 11.3 Å². The highest BCUT2D eigenvalue weighted by atomic mass is 32.1. The molecule has 0 atom stereocenters. The van der Waals surface area contributed by atoms with Crippen LogP contribution in [0.2, 0.25) is 0 Å². The van der Waals surface area contributed by atoms with Crippen LogP contribution in [-0.2, 0) is 0 Å². The zero-order valence-corrected chi connectivity index (χ0v) is 9.02. The molecule has 6 heteroatoms. The predicted octanol–water partition coefficient (Wildman–Crippen LogP) is 2.03. The third-order valence-electron chi connectivity index (χ3n) is 1.99. The molecule has 0 amide bonds. The minimum Gasteiger partial charge on any atom is -0.493 e. The molecule has 0 aliphatic heterocycles. The number of hydrogen-bond acceptors (Lipinski definition) is 5. The number of aromatic nitrogens is 1. The Bertz CT molecular complexity index is 512. The van der Waals surface area contributed by atoms with Gasteiger partial charge in [-0.2, -0.15) is 0 Å². The van der Waals surface area contributed by atoms with Gasteiger partial charge in [0.15, 0.2) is 22.4 Å². The smallest absolute Gasteiger partial charge is 0.199 e. The van der Waals surface area contributed by atoms with Gasteiger partial charge in [-0.15, -0.1) is 0 Å². The number of rotatable bonds is 2. The number of nitrogens with two attached hydrogens (primary N) is 1. The van der Waals surface area contributed by atoms with E-state index < -0.39 is 5.82 Å². The van der Waals surface area contributed by atoms with Crippen molar-refractivity contribution in [2.24, 2.45) is 0 Å². The lowest BCUT2D eigenvalue weighted by atomic mass is 10.3. The van der Waals surface area contributed by atoms with Crippen molar-refractivity contribution in [3.63, 3.8) is 0 Å². The fourth-order valence-electron chi connectivity index (χ4n) is 1.35. The molecule has 80 valence electrons. The van der Waals surface area contributed by atoms with E-state index >= 15 is 0 Å². The second-order valence-electron chi connectivity index (χ2n) is 2.82. The molecular weight excluding hydrogens is 219 g/mol. The maximum Gasteiger partial charge on any atom is 0.199 e. The molecule has 0 aliphatic carbocycles. The molecule has 1 aromatic carbocycles. The molecule has 0 radical (unpaired) electrons. The third-order valence-corrected chi connectivity index (χ3v) is 2.82. The zero-order chi connectivity index (χ0) is 11.0. The summed E-state index contributed by atoms with van der Waals surface area (Å²) in [5.41, 5.74) is 5.72. The van der Waals surface area contributed by atoms with Crippen molar-refractivity contribution in [1.82, 2.24) is 4.98 Å². The quantitative estimate of drug-likeness (QED) is 0.854. The number of fused-ring (bicyclic) bond motifs is 1. The third kappa shape index (κ3) is 1.46. The summed E-state index contributed by atoms with van der Waals surface area (Å²) in [5.74, 6) is -0.152. The molecule has 15 heavy (non-hydrogen) atoms. The van der Waals surface area contributed by atoms with Gasteiger partial charge in [-0.1, -0.05) is 11.3 Å². The van der Waals surface area contributed by atoms with Gasteiger partial charge in [0.25, 0.3) is 0 Å². The molecule has 2 N–H and O–H groups in total. The molecule has 4 nitrogen and oxygen atoms in total. The highest BCUT2D eigenvalue weighted by Gasteiger charge is 2.17. The summed E-state index contributed by atoms with van der Waals surface area (Å²) in [6, 6.07) is 1.66. The van der Waals surface area contributed by atoms with E-state index in [0.29, 0.717) is 15.6 Å². The summed E-state index contributed by atoms with van der Waals surface area (Å²) in [4.78, 5) is 3.88. The number of halogens is 1. The number of methoxy groups -OCH3 is 2. The number of anilines is 1. The molecule has 0 saturated carbocycles. The molecule has 1 aromatic heterocycles. The fourth-order valence-corrected chi connectivity index (χ4v) is 2.11. The first-order valence-corrected chi connectivity index (χ1v) is 4.95. The standard InChI is InChI=1S/C9H9FN2O2S/c1-13-4-3-5-7(12-9(11)15-5)6(10)8(4)14-2/h3H,1-2H3,(H2,11,12). The van der Waals surface area contributed by atoms with Gasteiger partial charge >= 0.3 is 0 Å². The molecule has 0 unspecified atom stereocenters. The topological polar surface area (TPSA) is 57.4 Å². The average Bonchev–Trinajstić information content (AvgIpc) is 2.59. The first-order chi connectivity index (χ1) is 7.17. The van der Waals surface area contributed by atoms with Crippen molar-refractivity contribution in [2.75, 3.05) is 20.0 Å². The van der Waals surface area contributed by atoms with Gasteiger partial charge in [0.1, 0.15) is 5.52 Å². The Kier molecular flexibility index (Phi) is 2.36. The van der Waals surface area contributed by atoms with E-state index in [1.54, 1.807) is 6.07 Å². The number of benzene rings is 1. The molecule has 0 aliphatic rings. The molecular formula is C9H9FN2O2S. The molecule has 0 bridgehead atoms. The van der Waals surface area contributed by atoms with Crippen LogP contribution < -0.4 is 15.2 Å². The largest absolute Gasteiger partial charge is 0.493 e. The van der Waals surface area contributed by atoms with Crippen LogP contribution in [0.15, 0.2) is 6.07 Å². The highest BCUT2D eigenvalue weighted by molar-refractivity contribution is 7.22. The maximum atomic E-state index is 13.8.